The topological polar surface area (TPSA) is 85.1 Å². The van der Waals surface area contributed by atoms with Gasteiger partial charge < -0.3 is 5.11 Å². The van der Waals surface area contributed by atoms with E-state index in [1.807, 2.05) is 18.2 Å². The lowest BCUT2D eigenvalue weighted by Gasteiger charge is -2.14. The standard InChI is InChI=1S/C15H17N3O3/c1-10-13(9-14(19)20)11(2)18(15(21)17-10)8-6-12-5-3-4-7-16-12/h3-5,7H,6,8-9H2,1-2H3,(H,19,20). The molecule has 0 unspecified atom stereocenters. The minimum atomic E-state index is -0.932. The molecule has 0 bridgehead atoms. The van der Waals surface area contributed by atoms with Gasteiger partial charge in [0.25, 0.3) is 0 Å². The average molecular weight is 287 g/mol. The highest BCUT2D eigenvalue weighted by molar-refractivity contribution is 5.70. The SMILES string of the molecule is Cc1nc(=O)n(CCc2ccccn2)c(C)c1CC(=O)O. The van der Waals surface area contributed by atoms with Gasteiger partial charge in [-0.25, -0.2) is 4.79 Å². The van der Waals surface area contributed by atoms with Gasteiger partial charge in [-0.05, 0) is 26.0 Å². The summed E-state index contributed by atoms with van der Waals surface area (Å²) in [5.74, 6) is -0.932. The molecule has 0 saturated carbocycles. The molecule has 2 aromatic rings. The molecule has 0 aliphatic heterocycles. The van der Waals surface area contributed by atoms with Crippen LogP contribution in [-0.4, -0.2) is 25.6 Å². The lowest BCUT2D eigenvalue weighted by molar-refractivity contribution is -0.136. The molecule has 0 atom stereocenters. The van der Waals surface area contributed by atoms with Crippen LogP contribution in [0.5, 0.6) is 0 Å². The number of hydrogen-bond acceptors (Lipinski definition) is 4. The van der Waals surface area contributed by atoms with Crippen molar-refractivity contribution >= 4 is 5.97 Å². The molecular formula is C15H17N3O3. The summed E-state index contributed by atoms with van der Waals surface area (Å²) < 4.78 is 1.51. The van der Waals surface area contributed by atoms with Gasteiger partial charge in [-0.2, -0.15) is 4.98 Å². The van der Waals surface area contributed by atoms with Crippen LogP contribution in [0.25, 0.3) is 0 Å². The van der Waals surface area contributed by atoms with Crippen molar-refractivity contribution in [2.45, 2.75) is 33.2 Å². The van der Waals surface area contributed by atoms with E-state index in [2.05, 4.69) is 9.97 Å². The first-order valence-corrected chi connectivity index (χ1v) is 6.67. The molecule has 2 heterocycles. The van der Waals surface area contributed by atoms with Gasteiger partial charge in [-0.3, -0.25) is 14.3 Å². The molecule has 0 spiro atoms. The fourth-order valence-electron chi connectivity index (χ4n) is 2.28. The molecule has 0 amide bonds. The summed E-state index contributed by atoms with van der Waals surface area (Å²) in [6.07, 6.45) is 2.17. The van der Waals surface area contributed by atoms with Crippen LogP contribution in [0.4, 0.5) is 0 Å². The highest BCUT2D eigenvalue weighted by Gasteiger charge is 2.14. The molecule has 2 rings (SSSR count). The van der Waals surface area contributed by atoms with E-state index in [0.29, 0.717) is 29.9 Å². The smallest absolute Gasteiger partial charge is 0.347 e. The fourth-order valence-corrected chi connectivity index (χ4v) is 2.28. The summed E-state index contributed by atoms with van der Waals surface area (Å²) in [7, 11) is 0. The number of rotatable bonds is 5. The van der Waals surface area contributed by atoms with Crippen LogP contribution >= 0.6 is 0 Å². The highest BCUT2D eigenvalue weighted by atomic mass is 16.4. The Hall–Kier alpha value is -2.50. The van der Waals surface area contributed by atoms with Crippen molar-refractivity contribution < 1.29 is 9.90 Å². The van der Waals surface area contributed by atoms with E-state index in [4.69, 9.17) is 5.11 Å². The molecule has 0 aliphatic carbocycles. The van der Waals surface area contributed by atoms with Crippen molar-refractivity contribution in [1.29, 1.82) is 0 Å². The Labute approximate surface area is 122 Å². The van der Waals surface area contributed by atoms with E-state index in [-0.39, 0.29) is 12.1 Å². The Balaban J connectivity index is 2.30. The van der Waals surface area contributed by atoms with E-state index in [1.54, 1.807) is 20.0 Å². The second kappa shape index (κ2) is 6.30. The molecule has 0 aliphatic rings. The molecule has 6 heteroatoms. The van der Waals surface area contributed by atoms with Crippen LogP contribution in [0.15, 0.2) is 29.2 Å². The Morgan fingerprint density at radius 2 is 2.10 bits per heavy atom. The quantitative estimate of drug-likeness (QED) is 0.891. The monoisotopic (exact) mass is 287 g/mol. The van der Waals surface area contributed by atoms with Crippen molar-refractivity contribution in [2.75, 3.05) is 0 Å². The van der Waals surface area contributed by atoms with Crippen molar-refractivity contribution in [1.82, 2.24) is 14.5 Å². The van der Waals surface area contributed by atoms with Crippen LogP contribution in [-0.2, 0) is 24.2 Å². The Bertz CT molecular complexity index is 708. The fraction of sp³-hybridized carbons (Fsp3) is 0.333. The number of nitrogens with zero attached hydrogens (tertiary/aromatic N) is 3. The predicted octanol–water partition coefficient (Wildman–Crippen LogP) is 1.12. The molecular weight excluding hydrogens is 270 g/mol. The van der Waals surface area contributed by atoms with Crippen LogP contribution in [0.3, 0.4) is 0 Å². The Morgan fingerprint density at radius 1 is 1.33 bits per heavy atom. The zero-order chi connectivity index (χ0) is 15.4. The number of aliphatic carboxylic acids is 1. The molecule has 0 aromatic carbocycles. The van der Waals surface area contributed by atoms with Gasteiger partial charge in [-0.15, -0.1) is 0 Å². The Kier molecular flexibility index (Phi) is 4.47. The maximum absolute atomic E-state index is 12.0. The van der Waals surface area contributed by atoms with Gasteiger partial charge in [0.05, 0.1) is 6.42 Å². The van der Waals surface area contributed by atoms with Crippen molar-refractivity contribution in [3.05, 3.63) is 57.5 Å². The normalized spacial score (nSPS) is 10.6. The first-order valence-electron chi connectivity index (χ1n) is 6.67. The maximum Gasteiger partial charge on any atom is 0.347 e. The molecule has 110 valence electrons. The zero-order valence-electron chi connectivity index (χ0n) is 12.0. The minimum absolute atomic E-state index is 0.130. The van der Waals surface area contributed by atoms with Crippen LogP contribution < -0.4 is 5.69 Å². The summed E-state index contributed by atoms with van der Waals surface area (Å²) in [6.45, 7) is 3.85. The largest absolute Gasteiger partial charge is 0.481 e. The van der Waals surface area contributed by atoms with Crippen LogP contribution in [0, 0.1) is 13.8 Å². The molecule has 0 radical (unpaired) electrons. The maximum atomic E-state index is 12.0. The molecule has 2 aromatic heterocycles. The van der Waals surface area contributed by atoms with Gasteiger partial charge in [-0.1, -0.05) is 6.07 Å². The minimum Gasteiger partial charge on any atom is -0.481 e. The average Bonchev–Trinajstić information content (AvgIpc) is 2.44. The van der Waals surface area contributed by atoms with Crippen molar-refractivity contribution in [3.63, 3.8) is 0 Å². The van der Waals surface area contributed by atoms with Gasteiger partial charge in [0.15, 0.2) is 0 Å². The lowest BCUT2D eigenvalue weighted by atomic mass is 10.1. The molecule has 0 saturated heterocycles. The first-order chi connectivity index (χ1) is 9.99. The van der Waals surface area contributed by atoms with Crippen LogP contribution in [0.1, 0.15) is 22.6 Å². The first kappa shape index (κ1) is 14.9. The van der Waals surface area contributed by atoms with E-state index < -0.39 is 5.97 Å². The van der Waals surface area contributed by atoms with E-state index in [9.17, 15) is 9.59 Å². The number of aryl methyl sites for hydroxylation is 2. The summed E-state index contributed by atoms with van der Waals surface area (Å²) in [5.41, 5.74) is 2.27. The van der Waals surface area contributed by atoms with Gasteiger partial charge in [0, 0.05) is 41.8 Å². The van der Waals surface area contributed by atoms with E-state index >= 15 is 0 Å². The Morgan fingerprint density at radius 3 is 2.71 bits per heavy atom. The summed E-state index contributed by atoms with van der Waals surface area (Å²) in [4.78, 5) is 31.1. The molecule has 0 fully saturated rings. The summed E-state index contributed by atoms with van der Waals surface area (Å²) in [5, 5.41) is 8.96. The summed E-state index contributed by atoms with van der Waals surface area (Å²) >= 11 is 0. The molecule has 6 nitrogen and oxygen atoms in total. The van der Waals surface area contributed by atoms with Gasteiger partial charge in [0.2, 0.25) is 0 Å². The van der Waals surface area contributed by atoms with Crippen LogP contribution in [0.2, 0.25) is 0 Å². The van der Waals surface area contributed by atoms with Gasteiger partial charge in [0.1, 0.15) is 0 Å². The van der Waals surface area contributed by atoms with E-state index in [0.717, 1.165) is 5.69 Å². The second-order valence-corrected chi connectivity index (χ2v) is 4.84. The number of carboxylic acid groups (broad SMARTS) is 1. The predicted molar refractivity (Wildman–Crippen MR) is 77.3 cm³/mol. The number of carboxylic acids is 1. The number of carbonyl (C=O) groups is 1. The van der Waals surface area contributed by atoms with Crippen molar-refractivity contribution in [2.24, 2.45) is 0 Å². The number of pyridine rings is 1. The molecule has 1 N–H and O–H groups in total. The highest BCUT2D eigenvalue weighted by Crippen LogP contribution is 2.11. The van der Waals surface area contributed by atoms with E-state index in [1.165, 1.54) is 4.57 Å². The third-order valence-corrected chi connectivity index (χ3v) is 3.42. The number of aromatic nitrogens is 3. The summed E-state index contributed by atoms with van der Waals surface area (Å²) in [6, 6.07) is 5.61. The van der Waals surface area contributed by atoms with Crippen molar-refractivity contribution in [3.8, 4) is 0 Å². The second-order valence-electron chi connectivity index (χ2n) is 4.84. The third kappa shape index (κ3) is 3.53. The molecule has 21 heavy (non-hydrogen) atoms. The lowest BCUT2D eigenvalue weighted by Crippen LogP contribution is -2.29. The zero-order valence-corrected chi connectivity index (χ0v) is 12.0. The number of hydrogen-bond donors (Lipinski definition) is 1. The third-order valence-electron chi connectivity index (χ3n) is 3.42. The van der Waals surface area contributed by atoms with Gasteiger partial charge >= 0.3 is 11.7 Å².